The van der Waals surface area contributed by atoms with Crippen LogP contribution >= 0.6 is 0 Å². The van der Waals surface area contributed by atoms with Gasteiger partial charge in [0.1, 0.15) is 0 Å². The smallest absolute Gasteiger partial charge is 0.238 e. The summed E-state index contributed by atoms with van der Waals surface area (Å²) < 4.78 is 0. The van der Waals surface area contributed by atoms with Crippen molar-refractivity contribution in [2.24, 2.45) is 0 Å². The Kier molecular flexibility index (Phi) is 5.36. The van der Waals surface area contributed by atoms with Gasteiger partial charge in [-0.05, 0) is 38.1 Å². The molecule has 1 heterocycles. The van der Waals surface area contributed by atoms with E-state index in [1.807, 2.05) is 30.3 Å². The van der Waals surface area contributed by atoms with Gasteiger partial charge in [0.2, 0.25) is 5.91 Å². The maximum absolute atomic E-state index is 12.0. The van der Waals surface area contributed by atoms with Gasteiger partial charge in [0.15, 0.2) is 0 Å². The number of hydrogen-bond acceptors (Lipinski definition) is 3. The molecule has 0 bridgehead atoms. The maximum Gasteiger partial charge on any atom is 0.238 e. The zero-order valence-corrected chi connectivity index (χ0v) is 11.6. The molecule has 1 atom stereocenters. The Labute approximate surface area is 115 Å². The van der Waals surface area contributed by atoms with Crippen LogP contribution in [0.4, 0.5) is 5.69 Å². The summed E-state index contributed by atoms with van der Waals surface area (Å²) in [5.41, 5.74) is 0.863. The summed E-state index contributed by atoms with van der Waals surface area (Å²) in [4.78, 5) is 14.2. The predicted molar refractivity (Wildman–Crippen MR) is 78.2 cm³/mol. The van der Waals surface area contributed by atoms with Crippen LogP contribution in [0.2, 0.25) is 0 Å². The van der Waals surface area contributed by atoms with Gasteiger partial charge in [0, 0.05) is 18.3 Å². The van der Waals surface area contributed by atoms with Gasteiger partial charge in [0.25, 0.3) is 0 Å². The summed E-state index contributed by atoms with van der Waals surface area (Å²) in [6.07, 6.45) is 2.47. The highest BCUT2D eigenvalue weighted by atomic mass is 16.2. The van der Waals surface area contributed by atoms with E-state index in [-0.39, 0.29) is 5.91 Å². The summed E-state index contributed by atoms with van der Waals surface area (Å²) in [5.74, 6) is 0.0612. The lowest BCUT2D eigenvalue weighted by molar-refractivity contribution is -0.117. The summed E-state index contributed by atoms with van der Waals surface area (Å²) in [5, 5.41) is 6.40. The van der Waals surface area contributed by atoms with Gasteiger partial charge in [-0.2, -0.15) is 0 Å². The lowest BCUT2D eigenvalue weighted by atomic mass is 10.2. The monoisotopic (exact) mass is 261 g/mol. The van der Waals surface area contributed by atoms with Crippen molar-refractivity contribution in [1.29, 1.82) is 0 Å². The van der Waals surface area contributed by atoms with Crippen LogP contribution < -0.4 is 10.6 Å². The molecule has 1 aliphatic rings. The molecule has 0 aliphatic carbocycles. The first-order valence-corrected chi connectivity index (χ1v) is 7.08. The second-order valence-corrected chi connectivity index (χ2v) is 5.04. The molecule has 0 radical (unpaired) electrons. The Bertz CT molecular complexity index is 388. The van der Waals surface area contributed by atoms with Gasteiger partial charge < -0.3 is 10.6 Å². The fraction of sp³-hybridized carbons (Fsp3) is 0.533. The third kappa shape index (κ3) is 4.65. The molecule has 2 N–H and O–H groups in total. The number of amides is 1. The van der Waals surface area contributed by atoms with E-state index in [1.54, 1.807) is 0 Å². The SMILES string of the molecule is CCN(CC(=O)Nc1ccccc1)CC1CCCN1. The topological polar surface area (TPSA) is 44.4 Å². The zero-order chi connectivity index (χ0) is 13.5. The van der Waals surface area contributed by atoms with Gasteiger partial charge in [-0.3, -0.25) is 9.69 Å². The van der Waals surface area contributed by atoms with E-state index in [4.69, 9.17) is 0 Å². The van der Waals surface area contributed by atoms with Crippen LogP contribution in [0.25, 0.3) is 0 Å². The molecule has 4 heteroatoms. The van der Waals surface area contributed by atoms with Crippen LogP contribution in [0.1, 0.15) is 19.8 Å². The van der Waals surface area contributed by atoms with Gasteiger partial charge >= 0.3 is 0 Å². The molecule has 0 spiro atoms. The van der Waals surface area contributed by atoms with E-state index >= 15 is 0 Å². The van der Waals surface area contributed by atoms with Crippen LogP contribution in [-0.4, -0.2) is 43.0 Å². The first-order valence-electron chi connectivity index (χ1n) is 7.08. The molecule has 0 saturated carbocycles. The number of anilines is 1. The second-order valence-electron chi connectivity index (χ2n) is 5.04. The molecule has 0 aromatic heterocycles. The Balaban J connectivity index is 1.78. The minimum atomic E-state index is 0.0612. The van der Waals surface area contributed by atoms with Crippen LogP contribution in [0, 0.1) is 0 Å². The third-order valence-corrected chi connectivity index (χ3v) is 3.51. The molecule has 1 aromatic rings. The molecule has 1 saturated heterocycles. The van der Waals surface area contributed by atoms with Crippen molar-refractivity contribution in [3.63, 3.8) is 0 Å². The Morgan fingerprint density at radius 1 is 1.42 bits per heavy atom. The minimum absolute atomic E-state index is 0.0612. The lowest BCUT2D eigenvalue weighted by Gasteiger charge is -2.23. The number of likely N-dealkylation sites (N-methyl/N-ethyl adjacent to an activating group) is 1. The molecule has 104 valence electrons. The molecule has 1 amide bonds. The van der Waals surface area contributed by atoms with Crippen molar-refractivity contribution >= 4 is 11.6 Å². The lowest BCUT2D eigenvalue weighted by Crippen LogP contribution is -2.41. The molecule has 1 unspecified atom stereocenters. The van der Waals surface area contributed by atoms with Crippen molar-refractivity contribution in [2.75, 3.05) is 31.5 Å². The highest BCUT2D eigenvalue weighted by molar-refractivity contribution is 5.92. The van der Waals surface area contributed by atoms with E-state index in [0.717, 1.165) is 25.3 Å². The van der Waals surface area contributed by atoms with E-state index in [0.29, 0.717) is 12.6 Å². The molecule has 1 fully saturated rings. The first-order chi connectivity index (χ1) is 9.28. The van der Waals surface area contributed by atoms with Gasteiger partial charge in [-0.15, -0.1) is 0 Å². The quantitative estimate of drug-likeness (QED) is 0.819. The molecule has 19 heavy (non-hydrogen) atoms. The molecule has 1 aliphatic heterocycles. The summed E-state index contributed by atoms with van der Waals surface area (Å²) in [6, 6.07) is 10.2. The largest absolute Gasteiger partial charge is 0.325 e. The van der Waals surface area contributed by atoms with E-state index in [9.17, 15) is 4.79 Å². The van der Waals surface area contributed by atoms with E-state index in [1.165, 1.54) is 12.8 Å². The fourth-order valence-corrected chi connectivity index (χ4v) is 2.45. The van der Waals surface area contributed by atoms with Crippen molar-refractivity contribution in [1.82, 2.24) is 10.2 Å². The predicted octanol–water partition coefficient (Wildman–Crippen LogP) is 1.70. The summed E-state index contributed by atoms with van der Waals surface area (Å²) in [7, 11) is 0. The van der Waals surface area contributed by atoms with Gasteiger partial charge in [0.05, 0.1) is 6.54 Å². The molecule has 4 nitrogen and oxygen atoms in total. The van der Waals surface area contributed by atoms with Crippen molar-refractivity contribution in [3.05, 3.63) is 30.3 Å². The van der Waals surface area contributed by atoms with Gasteiger partial charge in [-0.1, -0.05) is 25.1 Å². The Hall–Kier alpha value is -1.39. The van der Waals surface area contributed by atoms with Crippen LogP contribution in [0.3, 0.4) is 0 Å². The normalized spacial score (nSPS) is 18.7. The summed E-state index contributed by atoms with van der Waals surface area (Å²) >= 11 is 0. The number of rotatable bonds is 6. The number of carbonyl (C=O) groups excluding carboxylic acids is 1. The Morgan fingerprint density at radius 2 is 2.21 bits per heavy atom. The second kappa shape index (κ2) is 7.26. The minimum Gasteiger partial charge on any atom is -0.325 e. The van der Waals surface area contributed by atoms with Crippen molar-refractivity contribution < 1.29 is 4.79 Å². The zero-order valence-electron chi connectivity index (χ0n) is 11.6. The summed E-state index contributed by atoms with van der Waals surface area (Å²) in [6.45, 7) is 5.53. The number of carbonyl (C=O) groups is 1. The molecule has 1 aromatic carbocycles. The van der Waals surface area contributed by atoms with Crippen LogP contribution in [0.5, 0.6) is 0 Å². The van der Waals surface area contributed by atoms with E-state index < -0.39 is 0 Å². The first kappa shape index (κ1) is 14.0. The van der Waals surface area contributed by atoms with Crippen molar-refractivity contribution in [2.45, 2.75) is 25.8 Å². The van der Waals surface area contributed by atoms with E-state index in [2.05, 4.69) is 22.5 Å². The standard InChI is InChI=1S/C15H23N3O/c1-2-18(11-14-9-6-10-16-14)12-15(19)17-13-7-4-3-5-8-13/h3-5,7-8,14,16H,2,6,9-12H2,1H3,(H,17,19). The number of benzene rings is 1. The van der Waals surface area contributed by atoms with Crippen LogP contribution in [-0.2, 0) is 4.79 Å². The highest BCUT2D eigenvalue weighted by Gasteiger charge is 2.18. The Morgan fingerprint density at radius 3 is 2.84 bits per heavy atom. The van der Waals surface area contributed by atoms with Gasteiger partial charge in [-0.25, -0.2) is 0 Å². The highest BCUT2D eigenvalue weighted by Crippen LogP contribution is 2.08. The molecular weight excluding hydrogens is 238 g/mol. The van der Waals surface area contributed by atoms with Crippen molar-refractivity contribution in [3.8, 4) is 0 Å². The number of nitrogens with one attached hydrogen (secondary N) is 2. The third-order valence-electron chi connectivity index (χ3n) is 3.51. The fourth-order valence-electron chi connectivity index (χ4n) is 2.45. The number of nitrogens with zero attached hydrogens (tertiary/aromatic N) is 1. The number of hydrogen-bond donors (Lipinski definition) is 2. The average molecular weight is 261 g/mol. The number of para-hydroxylation sites is 1. The van der Waals surface area contributed by atoms with Crippen LogP contribution in [0.15, 0.2) is 30.3 Å². The maximum atomic E-state index is 12.0. The molecule has 2 rings (SSSR count). The average Bonchev–Trinajstić information content (AvgIpc) is 2.92. The molecular formula is C15H23N3O.